The van der Waals surface area contributed by atoms with E-state index in [0.717, 1.165) is 29.4 Å². The van der Waals surface area contributed by atoms with Gasteiger partial charge in [0.25, 0.3) is 0 Å². The summed E-state index contributed by atoms with van der Waals surface area (Å²) in [6.07, 6.45) is 1.91. The van der Waals surface area contributed by atoms with Gasteiger partial charge in [0.15, 0.2) is 0 Å². The summed E-state index contributed by atoms with van der Waals surface area (Å²) < 4.78 is 0. The summed E-state index contributed by atoms with van der Waals surface area (Å²) in [7, 11) is 0. The maximum atomic E-state index is 10.2. The molecule has 2 aromatic rings. The summed E-state index contributed by atoms with van der Waals surface area (Å²) in [5, 5.41) is 11.2. The van der Waals surface area contributed by atoms with Gasteiger partial charge in [-0.2, -0.15) is 0 Å². The fourth-order valence-corrected chi connectivity index (χ4v) is 2.20. The van der Waals surface area contributed by atoms with E-state index in [9.17, 15) is 5.11 Å². The highest BCUT2D eigenvalue weighted by atomic mass is 16.3. The summed E-state index contributed by atoms with van der Waals surface area (Å²) in [4.78, 5) is 4.74. The fourth-order valence-electron chi connectivity index (χ4n) is 2.20. The lowest BCUT2D eigenvalue weighted by Gasteiger charge is -2.23. The molecule has 0 aliphatic heterocycles. The van der Waals surface area contributed by atoms with Crippen LogP contribution < -0.4 is 0 Å². The Morgan fingerprint density at radius 3 is 2.56 bits per heavy atom. The van der Waals surface area contributed by atoms with Crippen molar-refractivity contribution in [2.45, 2.75) is 46.0 Å². The van der Waals surface area contributed by atoms with Gasteiger partial charge in [-0.3, -0.25) is 0 Å². The zero-order valence-electron chi connectivity index (χ0n) is 11.6. The van der Waals surface area contributed by atoms with Crippen LogP contribution in [-0.4, -0.2) is 10.1 Å². The minimum absolute atomic E-state index is 0.0981. The SMILES string of the molecule is CCc1cccc2cc(O)c(C(C)(C)CC)nc12. The number of hydrogen-bond acceptors (Lipinski definition) is 2. The number of rotatable bonds is 3. The van der Waals surface area contributed by atoms with Crippen LogP contribution in [0.15, 0.2) is 24.3 Å². The van der Waals surface area contributed by atoms with Crippen LogP contribution >= 0.6 is 0 Å². The molecule has 0 fully saturated rings. The van der Waals surface area contributed by atoms with Crippen molar-refractivity contribution in [2.24, 2.45) is 0 Å². The molecule has 1 N–H and O–H groups in total. The topological polar surface area (TPSA) is 33.1 Å². The summed E-state index contributed by atoms with van der Waals surface area (Å²) in [5.74, 6) is 0.308. The average molecular weight is 243 g/mol. The van der Waals surface area contributed by atoms with E-state index < -0.39 is 0 Å². The Kier molecular flexibility index (Phi) is 3.29. The van der Waals surface area contributed by atoms with E-state index in [0.29, 0.717) is 5.75 Å². The number of fused-ring (bicyclic) bond motifs is 1. The molecular weight excluding hydrogens is 222 g/mol. The molecule has 2 rings (SSSR count). The van der Waals surface area contributed by atoms with Crippen molar-refractivity contribution < 1.29 is 5.11 Å². The fraction of sp³-hybridized carbons (Fsp3) is 0.438. The zero-order valence-corrected chi connectivity index (χ0v) is 11.6. The molecule has 96 valence electrons. The molecule has 0 atom stereocenters. The number of aromatic hydroxyl groups is 1. The van der Waals surface area contributed by atoms with Crippen LogP contribution in [0.25, 0.3) is 10.9 Å². The molecular formula is C16H21NO. The molecule has 0 saturated carbocycles. The lowest BCUT2D eigenvalue weighted by molar-refractivity contribution is 0.419. The molecule has 0 spiro atoms. The van der Waals surface area contributed by atoms with E-state index in [2.05, 4.69) is 33.8 Å². The van der Waals surface area contributed by atoms with Crippen molar-refractivity contribution in [3.63, 3.8) is 0 Å². The highest BCUT2D eigenvalue weighted by Gasteiger charge is 2.24. The average Bonchev–Trinajstić information content (AvgIpc) is 2.36. The van der Waals surface area contributed by atoms with Crippen LogP contribution in [-0.2, 0) is 11.8 Å². The van der Waals surface area contributed by atoms with E-state index in [-0.39, 0.29) is 5.41 Å². The Morgan fingerprint density at radius 2 is 1.94 bits per heavy atom. The van der Waals surface area contributed by atoms with Crippen molar-refractivity contribution in [1.29, 1.82) is 0 Å². The van der Waals surface area contributed by atoms with Crippen LogP contribution in [0.1, 0.15) is 45.4 Å². The highest BCUT2D eigenvalue weighted by Crippen LogP contribution is 2.34. The molecule has 0 aliphatic carbocycles. The summed E-state index contributed by atoms with van der Waals surface area (Å²) in [6.45, 7) is 8.50. The van der Waals surface area contributed by atoms with Crippen LogP contribution in [0.4, 0.5) is 0 Å². The number of pyridine rings is 1. The second-order valence-corrected chi connectivity index (χ2v) is 5.44. The van der Waals surface area contributed by atoms with Crippen molar-refractivity contribution in [3.05, 3.63) is 35.5 Å². The summed E-state index contributed by atoms with van der Waals surface area (Å²) in [6, 6.07) is 7.97. The number of benzene rings is 1. The molecule has 0 amide bonds. The van der Waals surface area contributed by atoms with Crippen LogP contribution in [0.5, 0.6) is 5.75 Å². The van der Waals surface area contributed by atoms with Gasteiger partial charge in [0, 0.05) is 10.8 Å². The summed E-state index contributed by atoms with van der Waals surface area (Å²) >= 11 is 0. The monoisotopic (exact) mass is 243 g/mol. The van der Waals surface area contributed by atoms with E-state index in [1.807, 2.05) is 18.2 Å². The number of para-hydroxylation sites is 1. The molecule has 0 saturated heterocycles. The third-order valence-electron chi connectivity index (χ3n) is 3.82. The number of hydrogen-bond donors (Lipinski definition) is 1. The zero-order chi connectivity index (χ0) is 13.3. The van der Waals surface area contributed by atoms with E-state index in [4.69, 9.17) is 4.98 Å². The minimum Gasteiger partial charge on any atom is -0.506 e. The van der Waals surface area contributed by atoms with Crippen molar-refractivity contribution >= 4 is 10.9 Å². The van der Waals surface area contributed by atoms with E-state index in [1.54, 1.807) is 0 Å². The Hall–Kier alpha value is -1.57. The quantitative estimate of drug-likeness (QED) is 0.876. The minimum atomic E-state index is -0.0981. The lowest BCUT2D eigenvalue weighted by Crippen LogP contribution is -2.17. The first-order chi connectivity index (χ1) is 8.49. The molecule has 2 nitrogen and oxygen atoms in total. The number of nitrogens with zero attached hydrogens (tertiary/aromatic N) is 1. The molecule has 1 aromatic carbocycles. The van der Waals surface area contributed by atoms with Gasteiger partial charge >= 0.3 is 0 Å². The molecule has 1 heterocycles. The Bertz CT molecular complexity index is 573. The molecule has 0 unspecified atom stereocenters. The van der Waals surface area contributed by atoms with Gasteiger partial charge in [-0.25, -0.2) is 4.98 Å². The first-order valence-corrected chi connectivity index (χ1v) is 6.61. The van der Waals surface area contributed by atoms with Crippen molar-refractivity contribution in [2.75, 3.05) is 0 Å². The number of aromatic nitrogens is 1. The number of aryl methyl sites for hydroxylation is 1. The predicted molar refractivity (Wildman–Crippen MR) is 76.1 cm³/mol. The third kappa shape index (κ3) is 2.07. The van der Waals surface area contributed by atoms with Gasteiger partial charge in [0.1, 0.15) is 5.75 Å². The van der Waals surface area contributed by atoms with Gasteiger partial charge in [-0.05, 0) is 24.5 Å². The smallest absolute Gasteiger partial charge is 0.138 e. The van der Waals surface area contributed by atoms with Gasteiger partial charge < -0.3 is 5.11 Å². The van der Waals surface area contributed by atoms with Gasteiger partial charge in [0.2, 0.25) is 0 Å². The van der Waals surface area contributed by atoms with E-state index >= 15 is 0 Å². The van der Waals surface area contributed by atoms with Crippen LogP contribution in [0, 0.1) is 0 Å². The second-order valence-electron chi connectivity index (χ2n) is 5.44. The standard InChI is InChI=1S/C16H21NO/c1-5-11-8-7-9-12-10-13(18)15(17-14(11)12)16(3,4)6-2/h7-10,18H,5-6H2,1-4H3. The third-order valence-corrected chi connectivity index (χ3v) is 3.82. The Balaban J connectivity index is 2.74. The summed E-state index contributed by atoms with van der Waals surface area (Å²) in [5.41, 5.74) is 2.97. The highest BCUT2D eigenvalue weighted by molar-refractivity contribution is 5.83. The van der Waals surface area contributed by atoms with Gasteiger partial charge in [0.05, 0.1) is 11.2 Å². The molecule has 18 heavy (non-hydrogen) atoms. The van der Waals surface area contributed by atoms with Crippen molar-refractivity contribution in [3.8, 4) is 5.75 Å². The molecule has 2 heteroatoms. The van der Waals surface area contributed by atoms with Crippen LogP contribution in [0.3, 0.4) is 0 Å². The maximum Gasteiger partial charge on any atom is 0.138 e. The van der Waals surface area contributed by atoms with Crippen LogP contribution in [0.2, 0.25) is 0 Å². The first kappa shape index (κ1) is 12.9. The second kappa shape index (κ2) is 4.60. The lowest BCUT2D eigenvalue weighted by atomic mass is 9.85. The Morgan fingerprint density at radius 1 is 1.22 bits per heavy atom. The molecule has 0 bridgehead atoms. The molecule has 1 aromatic heterocycles. The normalized spacial score (nSPS) is 12.0. The van der Waals surface area contributed by atoms with Gasteiger partial charge in [-0.15, -0.1) is 0 Å². The predicted octanol–water partition coefficient (Wildman–Crippen LogP) is 4.19. The van der Waals surface area contributed by atoms with E-state index in [1.165, 1.54) is 5.56 Å². The Labute approximate surface area is 109 Å². The maximum absolute atomic E-state index is 10.2. The first-order valence-electron chi connectivity index (χ1n) is 6.61. The largest absolute Gasteiger partial charge is 0.506 e. The molecule has 0 radical (unpaired) electrons. The van der Waals surface area contributed by atoms with Gasteiger partial charge in [-0.1, -0.05) is 45.9 Å². The molecule has 0 aliphatic rings. The van der Waals surface area contributed by atoms with Crippen molar-refractivity contribution in [1.82, 2.24) is 4.98 Å².